The topological polar surface area (TPSA) is 46.6 Å². The van der Waals surface area contributed by atoms with E-state index in [0.717, 1.165) is 0 Å². The molecular weight excluding hydrogens is 177 g/mol. The van der Waals surface area contributed by atoms with Gasteiger partial charge in [-0.05, 0) is 13.8 Å². The molecule has 72 valence electrons. The second-order valence-corrected chi connectivity index (χ2v) is 5.69. The van der Waals surface area contributed by atoms with Crippen LogP contribution in [-0.4, -0.2) is 37.4 Å². The Bertz CT molecular complexity index is 193. The third-order valence-electron chi connectivity index (χ3n) is 1.09. The van der Waals surface area contributed by atoms with E-state index in [9.17, 15) is 9.36 Å². The van der Waals surface area contributed by atoms with Crippen molar-refractivity contribution in [2.45, 2.75) is 20.0 Å². The highest BCUT2D eigenvalue weighted by Crippen LogP contribution is 2.43. The summed E-state index contributed by atoms with van der Waals surface area (Å²) in [4.78, 5) is 11.5. The van der Waals surface area contributed by atoms with E-state index < -0.39 is 7.37 Å². The Morgan fingerprint density at radius 2 is 2.08 bits per heavy atom. The van der Waals surface area contributed by atoms with Crippen LogP contribution in [0.5, 0.6) is 0 Å². The summed E-state index contributed by atoms with van der Waals surface area (Å²) in [5, 5.41) is 0. The molecule has 0 aromatic heterocycles. The largest absolute Gasteiger partial charge is 0.339 e. The molecule has 0 saturated carbocycles. The van der Waals surface area contributed by atoms with E-state index in [1.165, 1.54) is 11.6 Å². The first-order chi connectivity index (χ1) is 5.37. The van der Waals surface area contributed by atoms with Gasteiger partial charge in [-0.15, -0.1) is 0 Å². The third kappa shape index (κ3) is 5.33. The average Bonchev–Trinajstić information content (AvgIpc) is 1.83. The second-order valence-electron chi connectivity index (χ2n) is 3.17. The number of rotatable bonds is 5. The van der Waals surface area contributed by atoms with Crippen molar-refractivity contribution in [2.75, 3.05) is 20.0 Å². The standard InChI is InChI=1S/C7H16NO3P/c1-7(2)11-12(4,10)6-8(3)5-9/h5,7H,6H2,1-4H3/t12-/m1/s1. The van der Waals surface area contributed by atoms with Crippen LogP contribution in [0.25, 0.3) is 0 Å². The van der Waals surface area contributed by atoms with Gasteiger partial charge in [-0.2, -0.15) is 0 Å². The highest BCUT2D eigenvalue weighted by atomic mass is 31.2. The average molecular weight is 193 g/mol. The molecule has 0 unspecified atom stereocenters. The first-order valence-corrected chi connectivity index (χ1v) is 6.03. The molecule has 5 heteroatoms. The van der Waals surface area contributed by atoms with Crippen molar-refractivity contribution < 1.29 is 13.9 Å². The predicted molar refractivity (Wildman–Crippen MR) is 48.4 cm³/mol. The molecule has 1 atom stereocenters. The molecule has 0 saturated heterocycles. The fourth-order valence-electron chi connectivity index (χ4n) is 0.918. The predicted octanol–water partition coefficient (Wildman–Crippen LogP) is 1.36. The maximum atomic E-state index is 11.6. The van der Waals surface area contributed by atoms with Gasteiger partial charge in [0.2, 0.25) is 13.8 Å². The van der Waals surface area contributed by atoms with E-state index in [4.69, 9.17) is 4.52 Å². The van der Waals surface area contributed by atoms with Crippen molar-refractivity contribution in [3.63, 3.8) is 0 Å². The number of nitrogens with zero attached hydrogens (tertiary/aromatic N) is 1. The van der Waals surface area contributed by atoms with Gasteiger partial charge in [-0.3, -0.25) is 9.36 Å². The Labute approximate surface area is 73.3 Å². The van der Waals surface area contributed by atoms with E-state index in [2.05, 4.69) is 0 Å². The fourth-order valence-corrected chi connectivity index (χ4v) is 2.75. The number of hydrogen-bond donors (Lipinski definition) is 0. The lowest BCUT2D eigenvalue weighted by atomic mass is 10.5. The molecule has 4 nitrogen and oxygen atoms in total. The molecule has 1 amide bonds. The zero-order valence-electron chi connectivity index (χ0n) is 7.98. The molecule has 0 bridgehead atoms. The van der Waals surface area contributed by atoms with Crippen LogP contribution in [0.1, 0.15) is 13.8 Å². The van der Waals surface area contributed by atoms with Crippen LogP contribution in [0.4, 0.5) is 0 Å². The van der Waals surface area contributed by atoms with Crippen molar-refractivity contribution in [1.82, 2.24) is 4.90 Å². The SMILES string of the molecule is CC(C)O[P@@](C)(=O)CN(C)C=O. The molecule has 0 radical (unpaired) electrons. The molecule has 0 spiro atoms. The molecule has 0 rings (SSSR count). The Balaban J connectivity index is 4.04. The highest BCUT2D eigenvalue weighted by Gasteiger charge is 2.19. The molecule has 0 heterocycles. The smallest absolute Gasteiger partial charge is 0.219 e. The van der Waals surface area contributed by atoms with Gasteiger partial charge in [0.15, 0.2) is 0 Å². The normalized spacial score (nSPS) is 15.8. The molecular formula is C7H16NO3P. The Hall–Kier alpha value is -0.340. The number of amides is 1. The van der Waals surface area contributed by atoms with E-state index in [1.54, 1.807) is 7.05 Å². The van der Waals surface area contributed by atoms with Crippen molar-refractivity contribution in [2.24, 2.45) is 0 Å². The van der Waals surface area contributed by atoms with Crippen LogP contribution in [0.2, 0.25) is 0 Å². The van der Waals surface area contributed by atoms with E-state index in [-0.39, 0.29) is 12.4 Å². The van der Waals surface area contributed by atoms with Gasteiger partial charge in [-0.1, -0.05) is 0 Å². The highest BCUT2D eigenvalue weighted by molar-refractivity contribution is 7.58. The van der Waals surface area contributed by atoms with E-state index in [0.29, 0.717) is 6.41 Å². The Kier molecular flexibility index (Phi) is 4.50. The summed E-state index contributed by atoms with van der Waals surface area (Å²) < 4.78 is 16.7. The molecule has 0 aromatic rings. The second kappa shape index (κ2) is 4.63. The van der Waals surface area contributed by atoms with Gasteiger partial charge in [0.1, 0.15) is 0 Å². The maximum absolute atomic E-state index is 11.6. The number of carbonyl (C=O) groups excluding carboxylic acids is 1. The minimum atomic E-state index is -2.63. The Morgan fingerprint density at radius 3 is 2.42 bits per heavy atom. The molecule has 0 aliphatic rings. The zero-order valence-corrected chi connectivity index (χ0v) is 8.88. The van der Waals surface area contributed by atoms with Crippen molar-refractivity contribution in [1.29, 1.82) is 0 Å². The van der Waals surface area contributed by atoms with Crippen LogP contribution in [-0.2, 0) is 13.9 Å². The number of carbonyl (C=O) groups is 1. The quantitative estimate of drug-likeness (QED) is 0.489. The van der Waals surface area contributed by atoms with Gasteiger partial charge < -0.3 is 9.42 Å². The first kappa shape index (κ1) is 11.7. The summed E-state index contributed by atoms with van der Waals surface area (Å²) >= 11 is 0. The van der Waals surface area contributed by atoms with Gasteiger partial charge >= 0.3 is 0 Å². The summed E-state index contributed by atoms with van der Waals surface area (Å²) in [6.45, 7) is 5.17. The Morgan fingerprint density at radius 1 is 1.58 bits per heavy atom. The third-order valence-corrected chi connectivity index (χ3v) is 2.92. The molecule has 0 aromatic carbocycles. The summed E-state index contributed by atoms with van der Waals surface area (Å²) in [6.07, 6.45) is 0.745. The van der Waals surface area contributed by atoms with Crippen molar-refractivity contribution in [3.8, 4) is 0 Å². The van der Waals surface area contributed by atoms with Gasteiger partial charge in [0.05, 0.1) is 12.4 Å². The van der Waals surface area contributed by atoms with Crippen LogP contribution >= 0.6 is 7.37 Å². The van der Waals surface area contributed by atoms with Crippen LogP contribution in [0, 0.1) is 0 Å². The van der Waals surface area contributed by atoms with Crippen LogP contribution < -0.4 is 0 Å². The summed E-state index contributed by atoms with van der Waals surface area (Å²) in [5.74, 6) is 0. The maximum Gasteiger partial charge on any atom is 0.219 e. The van der Waals surface area contributed by atoms with Gasteiger partial charge in [0, 0.05) is 13.7 Å². The minimum absolute atomic E-state index is 0.0686. The van der Waals surface area contributed by atoms with E-state index >= 15 is 0 Å². The van der Waals surface area contributed by atoms with Gasteiger partial charge in [0.25, 0.3) is 0 Å². The lowest BCUT2D eigenvalue weighted by Gasteiger charge is -2.20. The fraction of sp³-hybridized carbons (Fsp3) is 0.857. The zero-order chi connectivity index (χ0) is 9.78. The summed E-state index contributed by atoms with van der Waals surface area (Å²) in [7, 11) is -1.05. The summed E-state index contributed by atoms with van der Waals surface area (Å²) in [5.41, 5.74) is 0. The van der Waals surface area contributed by atoms with E-state index in [1.807, 2.05) is 13.8 Å². The minimum Gasteiger partial charge on any atom is -0.339 e. The molecule has 0 fully saturated rings. The van der Waals surface area contributed by atoms with Crippen molar-refractivity contribution in [3.05, 3.63) is 0 Å². The lowest BCUT2D eigenvalue weighted by Crippen LogP contribution is -2.19. The molecule has 0 N–H and O–H groups in total. The van der Waals surface area contributed by atoms with Crippen LogP contribution in [0.15, 0.2) is 0 Å². The molecule has 0 aliphatic heterocycles. The lowest BCUT2D eigenvalue weighted by molar-refractivity contribution is -0.116. The van der Waals surface area contributed by atoms with Crippen molar-refractivity contribution >= 4 is 13.8 Å². The summed E-state index contributed by atoms with van der Waals surface area (Å²) in [6, 6.07) is 0. The molecule has 12 heavy (non-hydrogen) atoms. The monoisotopic (exact) mass is 193 g/mol. The van der Waals surface area contributed by atoms with Crippen LogP contribution in [0.3, 0.4) is 0 Å². The molecule has 0 aliphatic carbocycles. The number of hydrogen-bond acceptors (Lipinski definition) is 3. The van der Waals surface area contributed by atoms with Gasteiger partial charge in [-0.25, -0.2) is 0 Å². The first-order valence-electron chi connectivity index (χ1n) is 3.78.